The third kappa shape index (κ3) is 5.37. The van der Waals surface area contributed by atoms with E-state index in [4.69, 9.17) is 5.11 Å². The van der Waals surface area contributed by atoms with Gasteiger partial charge in [-0.2, -0.15) is 0 Å². The lowest BCUT2D eigenvalue weighted by atomic mass is 9.92. The van der Waals surface area contributed by atoms with Crippen molar-refractivity contribution in [2.45, 2.75) is 27.2 Å². The minimum atomic E-state index is -1.46. The summed E-state index contributed by atoms with van der Waals surface area (Å²) in [5.41, 5.74) is -0.781. The topological polar surface area (TPSA) is 78.4 Å². The molecule has 0 radical (unpaired) electrons. The summed E-state index contributed by atoms with van der Waals surface area (Å²) < 4.78 is 26.2. The predicted octanol–water partition coefficient (Wildman–Crippen LogP) is 3.22. The van der Waals surface area contributed by atoms with Crippen LogP contribution in [-0.4, -0.2) is 23.7 Å². The monoisotopic (exact) mass is 300 g/mol. The Labute approximate surface area is 121 Å². The standard InChI is InChI=1S/C14H18F2N2O3/c1-14(2,3)4-5-17-13(21)18-11-7-10(16)9(15)6-8(11)12(19)20/h6-7H,4-5H2,1-3H3,(H,19,20)(H2,17,18,21). The van der Waals surface area contributed by atoms with Gasteiger partial charge in [0.2, 0.25) is 0 Å². The number of aromatic carboxylic acids is 1. The van der Waals surface area contributed by atoms with E-state index >= 15 is 0 Å². The van der Waals surface area contributed by atoms with Gasteiger partial charge in [0.25, 0.3) is 0 Å². The number of urea groups is 1. The molecular formula is C14H18F2N2O3. The molecule has 0 saturated carbocycles. The van der Waals surface area contributed by atoms with Crippen molar-refractivity contribution in [2.24, 2.45) is 5.41 Å². The summed E-state index contributed by atoms with van der Waals surface area (Å²) in [5, 5.41) is 13.7. The second kappa shape index (κ2) is 6.51. The van der Waals surface area contributed by atoms with Crippen LogP contribution in [0, 0.1) is 17.0 Å². The third-order valence-corrected chi connectivity index (χ3v) is 2.70. The fourth-order valence-corrected chi connectivity index (χ4v) is 1.54. The minimum absolute atomic E-state index is 0.0293. The number of halogens is 2. The molecule has 21 heavy (non-hydrogen) atoms. The molecule has 1 aromatic rings. The Morgan fingerprint density at radius 2 is 1.76 bits per heavy atom. The Morgan fingerprint density at radius 1 is 1.19 bits per heavy atom. The van der Waals surface area contributed by atoms with E-state index in [0.717, 1.165) is 0 Å². The average Bonchev–Trinajstić information content (AvgIpc) is 2.31. The molecule has 116 valence electrons. The molecule has 1 aromatic carbocycles. The minimum Gasteiger partial charge on any atom is -0.478 e. The van der Waals surface area contributed by atoms with Crippen LogP contribution in [0.2, 0.25) is 0 Å². The van der Waals surface area contributed by atoms with Crippen LogP contribution in [-0.2, 0) is 0 Å². The zero-order valence-corrected chi connectivity index (χ0v) is 12.1. The number of benzene rings is 1. The van der Waals surface area contributed by atoms with E-state index in [0.29, 0.717) is 25.1 Å². The second-order valence-electron chi connectivity index (χ2n) is 5.81. The first kappa shape index (κ1) is 16.9. The number of rotatable bonds is 4. The molecule has 0 bridgehead atoms. The molecule has 3 N–H and O–H groups in total. The molecule has 0 aromatic heterocycles. The van der Waals surface area contributed by atoms with Crippen molar-refractivity contribution in [3.63, 3.8) is 0 Å². The summed E-state index contributed by atoms with van der Waals surface area (Å²) in [4.78, 5) is 22.6. The van der Waals surface area contributed by atoms with Crippen LogP contribution < -0.4 is 10.6 Å². The number of carbonyl (C=O) groups is 2. The summed E-state index contributed by atoms with van der Waals surface area (Å²) in [6, 6.07) is 0.498. The highest BCUT2D eigenvalue weighted by molar-refractivity contribution is 6.00. The molecule has 0 fully saturated rings. The summed E-state index contributed by atoms with van der Waals surface area (Å²) >= 11 is 0. The van der Waals surface area contributed by atoms with Crippen LogP contribution in [0.1, 0.15) is 37.6 Å². The smallest absolute Gasteiger partial charge is 0.337 e. The van der Waals surface area contributed by atoms with Gasteiger partial charge in [-0.25, -0.2) is 18.4 Å². The van der Waals surface area contributed by atoms with Crippen molar-refractivity contribution >= 4 is 17.7 Å². The van der Waals surface area contributed by atoms with Gasteiger partial charge in [0.15, 0.2) is 11.6 Å². The SMILES string of the molecule is CC(C)(C)CCNC(=O)Nc1cc(F)c(F)cc1C(=O)O. The van der Waals surface area contributed by atoms with Crippen molar-refractivity contribution in [2.75, 3.05) is 11.9 Å². The highest BCUT2D eigenvalue weighted by atomic mass is 19.2. The van der Waals surface area contributed by atoms with Gasteiger partial charge in [-0.15, -0.1) is 0 Å². The molecule has 0 spiro atoms. The Morgan fingerprint density at radius 3 is 2.29 bits per heavy atom. The third-order valence-electron chi connectivity index (χ3n) is 2.70. The van der Waals surface area contributed by atoms with Gasteiger partial charge < -0.3 is 15.7 Å². The number of carboxylic acid groups (broad SMARTS) is 1. The van der Waals surface area contributed by atoms with Crippen LogP contribution in [0.4, 0.5) is 19.3 Å². The van der Waals surface area contributed by atoms with Gasteiger partial charge in [-0.3, -0.25) is 0 Å². The number of hydrogen-bond acceptors (Lipinski definition) is 2. The predicted molar refractivity (Wildman–Crippen MR) is 74.4 cm³/mol. The van der Waals surface area contributed by atoms with Gasteiger partial charge in [-0.05, 0) is 17.9 Å². The van der Waals surface area contributed by atoms with Gasteiger partial charge >= 0.3 is 12.0 Å². The Balaban J connectivity index is 2.76. The molecular weight excluding hydrogens is 282 g/mol. The highest BCUT2D eigenvalue weighted by Crippen LogP contribution is 2.20. The number of carboxylic acids is 1. The summed E-state index contributed by atoms with van der Waals surface area (Å²) in [5.74, 6) is -3.98. The Hall–Kier alpha value is -2.18. The molecule has 0 saturated heterocycles. The lowest BCUT2D eigenvalue weighted by Crippen LogP contribution is -2.32. The number of carbonyl (C=O) groups excluding carboxylic acids is 1. The maximum atomic E-state index is 13.1. The normalized spacial score (nSPS) is 11.1. The Kier molecular flexibility index (Phi) is 5.23. The van der Waals surface area contributed by atoms with Gasteiger partial charge in [0.05, 0.1) is 11.3 Å². The van der Waals surface area contributed by atoms with E-state index in [1.807, 2.05) is 20.8 Å². The van der Waals surface area contributed by atoms with E-state index in [9.17, 15) is 18.4 Å². The lowest BCUT2D eigenvalue weighted by Gasteiger charge is -2.18. The number of nitrogens with one attached hydrogen (secondary N) is 2. The fourth-order valence-electron chi connectivity index (χ4n) is 1.54. The van der Waals surface area contributed by atoms with E-state index in [2.05, 4.69) is 10.6 Å². The summed E-state index contributed by atoms with van der Waals surface area (Å²) in [6.07, 6.45) is 0.712. The van der Waals surface area contributed by atoms with Crippen LogP contribution in [0.5, 0.6) is 0 Å². The van der Waals surface area contributed by atoms with Crippen molar-refractivity contribution < 1.29 is 23.5 Å². The summed E-state index contributed by atoms with van der Waals surface area (Å²) in [7, 11) is 0. The second-order valence-corrected chi connectivity index (χ2v) is 5.81. The molecule has 0 aliphatic carbocycles. The number of amides is 2. The molecule has 7 heteroatoms. The fraction of sp³-hybridized carbons (Fsp3) is 0.429. The molecule has 5 nitrogen and oxygen atoms in total. The number of anilines is 1. The highest BCUT2D eigenvalue weighted by Gasteiger charge is 2.17. The zero-order valence-electron chi connectivity index (χ0n) is 12.1. The Bertz CT molecular complexity index is 554. The lowest BCUT2D eigenvalue weighted by molar-refractivity contribution is 0.0697. The number of hydrogen-bond donors (Lipinski definition) is 3. The zero-order chi connectivity index (χ0) is 16.2. The molecule has 2 amide bonds. The maximum absolute atomic E-state index is 13.1. The van der Waals surface area contributed by atoms with Crippen molar-refractivity contribution in [3.05, 3.63) is 29.3 Å². The van der Waals surface area contributed by atoms with Crippen LogP contribution >= 0.6 is 0 Å². The average molecular weight is 300 g/mol. The first-order valence-corrected chi connectivity index (χ1v) is 6.37. The van der Waals surface area contributed by atoms with Gasteiger partial charge in [0.1, 0.15) is 0 Å². The van der Waals surface area contributed by atoms with Gasteiger partial charge in [-0.1, -0.05) is 20.8 Å². The van der Waals surface area contributed by atoms with Crippen molar-refractivity contribution in [3.8, 4) is 0 Å². The van der Waals surface area contributed by atoms with Crippen molar-refractivity contribution in [1.29, 1.82) is 0 Å². The van der Waals surface area contributed by atoms with E-state index < -0.39 is 29.2 Å². The maximum Gasteiger partial charge on any atom is 0.337 e. The molecule has 0 heterocycles. The van der Waals surface area contributed by atoms with E-state index in [1.165, 1.54) is 0 Å². The van der Waals surface area contributed by atoms with E-state index in [1.54, 1.807) is 0 Å². The largest absolute Gasteiger partial charge is 0.478 e. The first-order valence-electron chi connectivity index (χ1n) is 6.37. The van der Waals surface area contributed by atoms with E-state index in [-0.39, 0.29) is 11.1 Å². The summed E-state index contributed by atoms with van der Waals surface area (Å²) in [6.45, 7) is 6.39. The molecule has 0 unspecified atom stereocenters. The molecule has 0 aliphatic heterocycles. The quantitative estimate of drug-likeness (QED) is 0.799. The van der Waals surface area contributed by atoms with Crippen LogP contribution in [0.3, 0.4) is 0 Å². The van der Waals surface area contributed by atoms with Crippen LogP contribution in [0.25, 0.3) is 0 Å². The van der Waals surface area contributed by atoms with Crippen LogP contribution in [0.15, 0.2) is 12.1 Å². The molecule has 0 atom stereocenters. The molecule has 0 aliphatic rings. The first-order chi connectivity index (χ1) is 9.60. The van der Waals surface area contributed by atoms with Crippen molar-refractivity contribution in [1.82, 2.24) is 5.32 Å². The van der Waals surface area contributed by atoms with Gasteiger partial charge in [0, 0.05) is 12.6 Å². The molecule has 1 rings (SSSR count).